The van der Waals surface area contributed by atoms with E-state index in [1.54, 1.807) is 26.0 Å². The van der Waals surface area contributed by atoms with Crippen LogP contribution in [0, 0.1) is 19.7 Å². The summed E-state index contributed by atoms with van der Waals surface area (Å²) in [6.07, 6.45) is 0. The first-order chi connectivity index (χ1) is 17.9. The van der Waals surface area contributed by atoms with Crippen LogP contribution < -0.4 is 11.2 Å². The van der Waals surface area contributed by atoms with Crippen LogP contribution in [0.4, 0.5) is 4.39 Å². The SMILES string of the molecule is CCn1c(COCc2ccccc2)nn(-c2nc3c(C)nn(-c4ccccc4C)c(=O)c3cc2F)c1=O. The summed E-state index contributed by atoms with van der Waals surface area (Å²) >= 11 is 0. The van der Waals surface area contributed by atoms with Crippen LogP contribution in [0.3, 0.4) is 0 Å². The Bertz CT molecular complexity index is 1720. The van der Waals surface area contributed by atoms with Gasteiger partial charge in [-0.1, -0.05) is 48.5 Å². The Hall–Kier alpha value is -4.44. The molecule has 0 atom stereocenters. The Morgan fingerprint density at radius 2 is 1.65 bits per heavy atom. The molecule has 3 aromatic heterocycles. The first kappa shape index (κ1) is 24.3. The van der Waals surface area contributed by atoms with Crippen molar-refractivity contribution >= 4 is 10.9 Å². The molecule has 9 nitrogen and oxygen atoms in total. The molecule has 0 saturated carbocycles. The van der Waals surface area contributed by atoms with E-state index in [0.717, 1.165) is 21.9 Å². The number of pyridine rings is 1. The summed E-state index contributed by atoms with van der Waals surface area (Å²) in [6.45, 7) is 6.05. The zero-order chi connectivity index (χ0) is 26.1. The number of halogens is 1. The van der Waals surface area contributed by atoms with E-state index < -0.39 is 17.1 Å². The molecule has 10 heteroatoms. The average Bonchev–Trinajstić information content (AvgIpc) is 3.21. The fraction of sp³-hybridized carbons (Fsp3) is 0.222. The van der Waals surface area contributed by atoms with Gasteiger partial charge in [0.25, 0.3) is 5.56 Å². The number of hydrogen-bond acceptors (Lipinski definition) is 6. The van der Waals surface area contributed by atoms with Crippen molar-refractivity contribution in [2.75, 3.05) is 0 Å². The van der Waals surface area contributed by atoms with Crippen LogP contribution in [0.15, 0.2) is 70.3 Å². The van der Waals surface area contributed by atoms with Crippen LogP contribution in [0.25, 0.3) is 22.4 Å². The Labute approximate surface area is 211 Å². The van der Waals surface area contributed by atoms with Crippen molar-refractivity contribution < 1.29 is 9.13 Å². The Kier molecular flexibility index (Phi) is 6.49. The van der Waals surface area contributed by atoms with E-state index in [1.165, 1.54) is 9.25 Å². The standard InChI is InChI=1S/C27H25FN6O3/c1-4-32-23(16-37-15-19-11-6-5-7-12-19)31-34(27(32)36)25-21(28)14-20-24(29-25)18(3)30-33(26(20)35)22-13-9-8-10-17(22)2/h5-14H,4,15-16H2,1-3H3. The second-order valence-corrected chi connectivity index (χ2v) is 8.61. The first-order valence-electron chi connectivity index (χ1n) is 11.9. The molecule has 37 heavy (non-hydrogen) atoms. The second kappa shape index (κ2) is 9.90. The van der Waals surface area contributed by atoms with Gasteiger partial charge in [-0.25, -0.2) is 14.2 Å². The molecular formula is C27H25FN6O3. The monoisotopic (exact) mass is 500 g/mol. The smallest absolute Gasteiger partial charge is 0.352 e. The summed E-state index contributed by atoms with van der Waals surface area (Å²) in [4.78, 5) is 30.7. The lowest BCUT2D eigenvalue weighted by Gasteiger charge is -2.11. The topological polar surface area (TPSA) is 96.8 Å². The number of ether oxygens (including phenoxy) is 1. The van der Waals surface area contributed by atoms with Crippen molar-refractivity contribution in [3.63, 3.8) is 0 Å². The number of benzene rings is 2. The van der Waals surface area contributed by atoms with Crippen molar-refractivity contribution in [3.8, 4) is 11.5 Å². The maximum absolute atomic E-state index is 15.4. The minimum absolute atomic E-state index is 0.0574. The summed E-state index contributed by atoms with van der Waals surface area (Å²) in [5.41, 5.74) is 1.98. The van der Waals surface area contributed by atoms with Gasteiger partial charge in [0.2, 0.25) is 0 Å². The molecule has 0 saturated heterocycles. The fourth-order valence-corrected chi connectivity index (χ4v) is 4.22. The predicted octanol–water partition coefficient (Wildman–Crippen LogP) is 3.62. The highest BCUT2D eigenvalue weighted by molar-refractivity contribution is 5.80. The van der Waals surface area contributed by atoms with Gasteiger partial charge in [0.1, 0.15) is 12.1 Å². The molecule has 5 aromatic rings. The summed E-state index contributed by atoms with van der Waals surface area (Å²) in [5, 5.41) is 8.79. The van der Waals surface area contributed by atoms with Gasteiger partial charge in [-0.05, 0) is 44.0 Å². The first-order valence-corrected chi connectivity index (χ1v) is 11.9. The molecular weight excluding hydrogens is 475 g/mol. The van der Waals surface area contributed by atoms with Gasteiger partial charge in [0, 0.05) is 6.54 Å². The summed E-state index contributed by atoms with van der Waals surface area (Å²) in [5.74, 6) is -0.798. The van der Waals surface area contributed by atoms with Gasteiger partial charge >= 0.3 is 5.69 Å². The highest BCUT2D eigenvalue weighted by Gasteiger charge is 2.21. The van der Waals surface area contributed by atoms with Gasteiger partial charge in [-0.15, -0.1) is 5.10 Å². The molecule has 0 unspecified atom stereocenters. The molecule has 0 aliphatic rings. The quantitative estimate of drug-likeness (QED) is 0.339. The second-order valence-electron chi connectivity index (χ2n) is 8.61. The molecule has 0 aliphatic heterocycles. The largest absolute Gasteiger partial charge is 0.369 e. The third kappa shape index (κ3) is 4.47. The van der Waals surface area contributed by atoms with Crippen LogP contribution in [0.5, 0.6) is 0 Å². The number of rotatable bonds is 7. The molecule has 0 N–H and O–H groups in total. The zero-order valence-electron chi connectivity index (χ0n) is 20.7. The number of para-hydroxylation sites is 1. The summed E-state index contributed by atoms with van der Waals surface area (Å²) < 4.78 is 24.7. The van der Waals surface area contributed by atoms with Crippen LogP contribution in [0.2, 0.25) is 0 Å². The minimum Gasteiger partial charge on any atom is -0.369 e. The normalized spacial score (nSPS) is 11.4. The van der Waals surface area contributed by atoms with E-state index in [4.69, 9.17) is 4.74 Å². The van der Waals surface area contributed by atoms with Gasteiger partial charge < -0.3 is 4.74 Å². The maximum atomic E-state index is 15.4. The van der Waals surface area contributed by atoms with Gasteiger partial charge in [0.15, 0.2) is 17.5 Å². The van der Waals surface area contributed by atoms with E-state index in [1.807, 2.05) is 49.4 Å². The van der Waals surface area contributed by atoms with Gasteiger partial charge in [-0.3, -0.25) is 9.36 Å². The molecule has 0 amide bonds. The zero-order valence-corrected chi connectivity index (χ0v) is 20.7. The van der Waals surface area contributed by atoms with E-state index in [9.17, 15) is 9.59 Å². The van der Waals surface area contributed by atoms with Gasteiger partial charge in [0.05, 0.1) is 23.4 Å². The van der Waals surface area contributed by atoms with E-state index >= 15 is 4.39 Å². The van der Waals surface area contributed by atoms with Crippen molar-refractivity contribution in [1.82, 2.24) is 29.1 Å². The van der Waals surface area contributed by atoms with Crippen LogP contribution >= 0.6 is 0 Å². The number of hydrogen-bond donors (Lipinski definition) is 0. The van der Waals surface area contributed by atoms with Crippen LogP contribution in [-0.4, -0.2) is 29.1 Å². The molecule has 3 heterocycles. The lowest BCUT2D eigenvalue weighted by atomic mass is 10.2. The number of aromatic nitrogens is 6. The molecule has 0 aliphatic carbocycles. The van der Waals surface area contributed by atoms with Crippen molar-refractivity contribution in [2.45, 2.75) is 40.5 Å². The average molecular weight is 501 g/mol. The van der Waals surface area contributed by atoms with E-state index in [2.05, 4.69) is 15.2 Å². The number of aryl methyl sites for hydroxylation is 2. The highest BCUT2D eigenvalue weighted by atomic mass is 19.1. The molecule has 188 valence electrons. The fourth-order valence-electron chi connectivity index (χ4n) is 4.22. The molecule has 2 aromatic carbocycles. The predicted molar refractivity (Wildman–Crippen MR) is 137 cm³/mol. The van der Waals surface area contributed by atoms with E-state index in [-0.39, 0.29) is 23.3 Å². The van der Waals surface area contributed by atoms with E-state index in [0.29, 0.717) is 30.4 Å². The lowest BCUT2D eigenvalue weighted by Crippen LogP contribution is -2.27. The van der Waals surface area contributed by atoms with Crippen molar-refractivity contribution in [3.05, 3.63) is 110 Å². The third-order valence-corrected chi connectivity index (χ3v) is 6.12. The minimum atomic E-state index is -0.842. The molecule has 5 rings (SSSR count). The Morgan fingerprint density at radius 1 is 0.919 bits per heavy atom. The third-order valence-electron chi connectivity index (χ3n) is 6.12. The highest BCUT2D eigenvalue weighted by Crippen LogP contribution is 2.19. The lowest BCUT2D eigenvalue weighted by molar-refractivity contribution is 0.0989. The summed E-state index contributed by atoms with van der Waals surface area (Å²) in [6, 6.07) is 18.0. The molecule has 0 spiro atoms. The summed E-state index contributed by atoms with van der Waals surface area (Å²) in [7, 11) is 0. The van der Waals surface area contributed by atoms with Crippen LogP contribution in [-0.2, 0) is 24.5 Å². The van der Waals surface area contributed by atoms with Crippen LogP contribution in [0.1, 0.15) is 29.6 Å². The molecule has 0 radical (unpaired) electrons. The molecule has 0 fully saturated rings. The Morgan fingerprint density at radius 3 is 2.38 bits per heavy atom. The Balaban J connectivity index is 1.55. The maximum Gasteiger partial charge on any atom is 0.352 e. The van der Waals surface area contributed by atoms with Gasteiger partial charge in [-0.2, -0.15) is 14.5 Å². The number of fused-ring (bicyclic) bond motifs is 1. The van der Waals surface area contributed by atoms with Crippen molar-refractivity contribution in [2.24, 2.45) is 0 Å². The molecule has 0 bridgehead atoms. The van der Waals surface area contributed by atoms with Crippen molar-refractivity contribution in [1.29, 1.82) is 0 Å². The number of nitrogens with zero attached hydrogens (tertiary/aromatic N) is 6.